The molecule has 0 saturated heterocycles. The first-order valence-corrected chi connectivity index (χ1v) is 13.6. The summed E-state index contributed by atoms with van der Waals surface area (Å²) in [4.78, 5) is 25.2. The summed E-state index contributed by atoms with van der Waals surface area (Å²) in [5, 5.41) is 13.5. The molecule has 1 atom stereocenters. The molecule has 1 amide bonds. The Labute approximate surface area is 237 Å². The van der Waals surface area contributed by atoms with Gasteiger partial charge in [0.25, 0.3) is 0 Å². The maximum atomic E-state index is 14.5. The van der Waals surface area contributed by atoms with Crippen LogP contribution in [0.3, 0.4) is 0 Å². The first-order chi connectivity index (χ1) is 19.9. The zero-order chi connectivity index (χ0) is 28.5. The smallest absolute Gasteiger partial charge is 0.407 e. The SMILES string of the molecule is Cc1c(CC(NC(=O)OCC2c3ccccc3-c3ccccc32)C(=O)O)c2ccccc2n1Cc1ccccc1F. The molecular formula is C34H29FN2O4. The van der Waals surface area contributed by atoms with Crippen LogP contribution in [-0.2, 0) is 22.5 Å². The van der Waals surface area contributed by atoms with Crippen molar-refractivity contribution in [2.75, 3.05) is 6.61 Å². The summed E-state index contributed by atoms with van der Waals surface area (Å²) in [6.45, 7) is 2.28. The highest BCUT2D eigenvalue weighted by atomic mass is 19.1. The Balaban J connectivity index is 1.21. The van der Waals surface area contributed by atoms with Gasteiger partial charge in [-0.3, -0.25) is 0 Å². The second kappa shape index (κ2) is 10.9. The van der Waals surface area contributed by atoms with Gasteiger partial charge in [-0.15, -0.1) is 0 Å². The zero-order valence-corrected chi connectivity index (χ0v) is 22.5. The Morgan fingerprint density at radius 2 is 1.51 bits per heavy atom. The predicted octanol–water partition coefficient (Wildman–Crippen LogP) is 6.67. The molecule has 1 aliphatic rings. The number of ether oxygens (including phenoxy) is 1. The van der Waals surface area contributed by atoms with Crippen molar-refractivity contribution in [2.45, 2.75) is 31.8 Å². The largest absolute Gasteiger partial charge is 0.480 e. The van der Waals surface area contributed by atoms with Gasteiger partial charge in [0.2, 0.25) is 0 Å². The molecule has 0 fully saturated rings. The molecule has 0 radical (unpaired) electrons. The van der Waals surface area contributed by atoms with Crippen LogP contribution in [0.1, 0.15) is 33.9 Å². The molecule has 0 bridgehead atoms. The number of amides is 1. The highest BCUT2D eigenvalue weighted by Crippen LogP contribution is 2.44. The van der Waals surface area contributed by atoms with E-state index in [-0.39, 0.29) is 24.8 Å². The monoisotopic (exact) mass is 548 g/mol. The second-order valence-corrected chi connectivity index (χ2v) is 10.3. The van der Waals surface area contributed by atoms with Crippen LogP contribution in [0.25, 0.3) is 22.0 Å². The molecule has 7 heteroatoms. The number of aromatic nitrogens is 1. The minimum Gasteiger partial charge on any atom is -0.480 e. The van der Waals surface area contributed by atoms with Crippen molar-refractivity contribution >= 4 is 23.0 Å². The number of benzene rings is 4. The van der Waals surface area contributed by atoms with Crippen molar-refractivity contribution in [3.63, 3.8) is 0 Å². The fraction of sp³-hybridized carbons (Fsp3) is 0.176. The average Bonchev–Trinajstić information content (AvgIpc) is 3.44. The Hall–Kier alpha value is -4.91. The molecule has 2 N–H and O–H groups in total. The summed E-state index contributed by atoms with van der Waals surface area (Å²) in [5.74, 6) is -1.59. The number of rotatable bonds is 8. The number of hydrogen-bond acceptors (Lipinski definition) is 3. The summed E-state index contributed by atoms with van der Waals surface area (Å²) in [6.07, 6.45) is -0.733. The van der Waals surface area contributed by atoms with Gasteiger partial charge in [-0.05, 0) is 46.9 Å². The van der Waals surface area contributed by atoms with E-state index in [1.165, 1.54) is 6.07 Å². The van der Waals surface area contributed by atoms with E-state index in [2.05, 4.69) is 17.4 Å². The van der Waals surface area contributed by atoms with Crippen LogP contribution in [0.5, 0.6) is 0 Å². The molecule has 0 aliphatic heterocycles. The van der Waals surface area contributed by atoms with Crippen LogP contribution >= 0.6 is 0 Å². The predicted molar refractivity (Wildman–Crippen MR) is 156 cm³/mol. The van der Waals surface area contributed by atoms with Gasteiger partial charge in [0, 0.05) is 34.5 Å². The minimum atomic E-state index is -1.21. The van der Waals surface area contributed by atoms with Gasteiger partial charge in [-0.25, -0.2) is 14.0 Å². The molecular weight excluding hydrogens is 519 g/mol. The number of nitrogens with one attached hydrogen (secondary N) is 1. The number of carbonyl (C=O) groups is 2. The molecule has 5 aromatic rings. The van der Waals surface area contributed by atoms with Crippen LogP contribution in [0, 0.1) is 12.7 Å². The normalized spacial score (nSPS) is 13.0. The fourth-order valence-corrected chi connectivity index (χ4v) is 5.95. The molecule has 1 aromatic heterocycles. The van der Waals surface area contributed by atoms with Gasteiger partial charge >= 0.3 is 12.1 Å². The third kappa shape index (κ3) is 4.95. The van der Waals surface area contributed by atoms with E-state index in [0.717, 1.165) is 44.4 Å². The van der Waals surface area contributed by atoms with E-state index in [9.17, 15) is 19.1 Å². The van der Waals surface area contributed by atoms with E-state index in [0.29, 0.717) is 12.1 Å². The molecule has 206 valence electrons. The second-order valence-electron chi connectivity index (χ2n) is 10.3. The molecule has 0 saturated carbocycles. The first-order valence-electron chi connectivity index (χ1n) is 13.6. The van der Waals surface area contributed by atoms with Crippen molar-refractivity contribution in [1.29, 1.82) is 0 Å². The average molecular weight is 549 g/mol. The number of hydrogen-bond donors (Lipinski definition) is 2. The van der Waals surface area contributed by atoms with Gasteiger partial charge in [-0.1, -0.05) is 84.9 Å². The lowest BCUT2D eigenvalue weighted by Gasteiger charge is -2.18. The minimum absolute atomic E-state index is 0.0517. The molecule has 1 heterocycles. The van der Waals surface area contributed by atoms with E-state index >= 15 is 0 Å². The van der Waals surface area contributed by atoms with E-state index in [1.807, 2.05) is 72.2 Å². The van der Waals surface area contributed by atoms with E-state index < -0.39 is 18.1 Å². The van der Waals surface area contributed by atoms with Crippen molar-refractivity contribution in [2.24, 2.45) is 0 Å². The lowest BCUT2D eigenvalue weighted by Crippen LogP contribution is -2.43. The third-order valence-electron chi connectivity index (χ3n) is 7.99. The highest BCUT2D eigenvalue weighted by molar-refractivity contribution is 5.87. The molecule has 1 unspecified atom stereocenters. The Kier molecular flexibility index (Phi) is 7.01. The Morgan fingerprint density at radius 1 is 0.902 bits per heavy atom. The maximum absolute atomic E-state index is 14.5. The van der Waals surface area contributed by atoms with Gasteiger partial charge in [0.05, 0.1) is 6.54 Å². The van der Waals surface area contributed by atoms with E-state index in [4.69, 9.17) is 4.74 Å². The zero-order valence-electron chi connectivity index (χ0n) is 22.5. The Morgan fingerprint density at radius 3 is 2.20 bits per heavy atom. The first kappa shape index (κ1) is 26.3. The quantitative estimate of drug-likeness (QED) is 0.227. The van der Waals surface area contributed by atoms with Gasteiger partial charge < -0.3 is 19.7 Å². The molecule has 1 aliphatic carbocycles. The lowest BCUT2D eigenvalue weighted by molar-refractivity contribution is -0.139. The number of aliphatic carboxylic acids is 1. The summed E-state index contributed by atoms with van der Waals surface area (Å²) < 4.78 is 22.1. The van der Waals surface area contributed by atoms with Crippen LogP contribution in [-0.4, -0.2) is 34.4 Å². The van der Waals surface area contributed by atoms with Crippen LogP contribution in [0.15, 0.2) is 97.1 Å². The van der Waals surface area contributed by atoms with Crippen LogP contribution in [0.2, 0.25) is 0 Å². The number of carboxylic acid groups (broad SMARTS) is 1. The number of halogens is 1. The van der Waals surface area contributed by atoms with E-state index in [1.54, 1.807) is 18.2 Å². The number of nitrogens with zero attached hydrogens (tertiary/aromatic N) is 1. The van der Waals surface area contributed by atoms with Crippen molar-refractivity contribution < 1.29 is 23.8 Å². The summed E-state index contributed by atoms with van der Waals surface area (Å²) >= 11 is 0. The molecule has 0 spiro atoms. The van der Waals surface area contributed by atoms with Crippen molar-refractivity contribution in [1.82, 2.24) is 9.88 Å². The summed E-state index contributed by atoms with van der Waals surface area (Å²) in [5.41, 5.74) is 7.39. The maximum Gasteiger partial charge on any atom is 0.407 e. The van der Waals surface area contributed by atoms with Crippen molar-refractivity contribution in [3.8, 4) is 11.1 Å². The number of fused-ring (bicyclic) bond motifs is 4. The van der Waals surface area contributed by atoms with Gasteiger partial charge in [0.1, 0.15) is 18.5 Å². The van der Waals surface area contributed by atoms with Gasteiger partial charge in [0.15, 0.2) is 0 Å². The topological polar surface area (TPSA) is 80.6 Å². The molecule has 41 heavy (non-hydrogen) atoms. The lowest BCUT2D eigenvalue weighted by atomic mass is 9.98. The fourth-order valence-electron chi connectivity index (χ4n) is 5.95. The third-order valence-corrected chi connectivity index (χ3v) is 7.99. The Bertz CT molecular complexity index is 1730. The number of alkyl carbamates (subject to hydrolysis) is 1. The summed E-state index contributed by atoms with van der Waals surface area (Å²) in [7, 11) is 0. The number of carbonyl (C=O) groups excluding carboxylic acids is 1. The standard InChI is InChI=1S/C34H29FN2O4/c1-21-28(27-15-7-9-17-32(27)37(21)19-22-10-2-8-16-30(22)35)18-31(33(38)39)36-34(40)41-20-29-25-13-5-3-11-23(25)24-12-4-6-14-26(24)29/h2-17,29,31H,18-20H2,1H3,(H,36,40)(H,38,39). The van der Waals surface area contributed by atoms with Crippen LogP contribution < -0.4 is 5.32 Å². The molecule has 6 nitrogen and oxygen atoms in total. The van der Waals surface area contributed by atoms with Gasteiger partial charge in [-0.2, -0.15) is 0 Å². The van der Waals surface area contributed by atoms with Crippen molar-refractivity contribution in [3.05, 3.63) is 131 Å². The number of para-hydroxylation sites is 1. The molecule has 6 rings (SSSR count). The van der Waals surface area contributed by atoms with Crippen LogP contribution in [0.4, 0.5) is 9.18 Å². The highest BCUT2D eigenvalue weighted by Gasteiger charge is 2.30. The summed E-state index contributed by atoms with van der Waals surface area (Å²) in [6, 6.07) is 29.1. The number of carboxylic acids is 1. The molecule has 4 aromatic carbocycles.